The van der Waals surface area contributed by atoms with Crippen LogP contribution in [0.1, 0.15) is 31.7 Å². The molecule has 0 saturated heterocycles. The van der Waals surface area contributed by atoms with Gasteiger partial charge >= 0.3 is 5.97 Å². The van der Waals surface area contributed by atoms with E-state index in [4.69, 9.17) is 9.84 Å². The first kappa shape index (κ1) is 16.0. The molecule has 0 aromatic heterocycles. The Kier molecular flexibility index (Phi) is 6.56. The lowest BCUT2D eigenvalue weighted by Gasteiger charge is -2.14. The molecular weight excluding hydrogens is 258 g/mol. The summed E-state index contributed by atoms with van der Waals surface area (Å²) in [6.45, 7) is 1.86. The molecule has 110 valence electrons. The van der Waals surface area contributed by atoms with E-state index < -0.39 is 5.97 Å². The highest BCUT2D eigenvalue weighted by molar-refractivity contribution is 5.77. The lowest BCUT2D eigenvalue weighted by molar-refractivity contribution is -0.137. The van der Waals surface area contributed by atoms with Gasteiger partial charge in [0.15, 0.2) is 0 Å². The number of benzene rings is 1. The summed E-state index contributed by atoms with van der Waals surface area (Å²) in [5.74, 6) is -0.258. The number of carbonyl (C=O) groups is 2. The van der Waals surface area contributed by atoms with Crippen LogP contribution in [0, 0.1) is 0 Å². The van der Waals surface area contributed by atoms with Crippen LogP contribution in [0.2, 0.25) is 0 Å². The van der Waals surface area contributed by atoms with Gasteiger partial charge in [-0.05, 0) is 30.5 Å². The smallest absolute Gasteiger partial charge is 0.305 e. The number of ether oxygens (including phenoxy) is 1. The number of carboxylic acids is 1. The first-order valence-electron chi connectivity index (χ1n) is 6.69. The van der Waals surface area contributed by atoms with Crippen LogP contribution < -0.4 is 10.1 Å². The molecule has 1 atom stereocenters. The molecule has 0 aliphatic carbocycles. The third-order valence-corrected chi connectivity index (χ3v) is 3.05. The number of hydrogen-bond donors (Lipinski definition) is 2. The lowest BCUT2D eigenvalue weighted by Crippen LogP contribution is -2.36. The third kappa shape index (κ3) is 5.73. The van der Waals surface area contributed by atoms with Gasteiger partial charge in [0, 0.05) is 12.5 Å². The molecule has 1 amide bonds. The fourth-order valence-corrected chi connectivity index (χ4v) is 1.89. The lowest BCUT2D eigenvalue weighted by atomic mass is 10.1. The van der Waals surface area contributed by atoms with Crippen molar-refractivity contribution in [1.29, 1.82) is 0 Å². The highest BCUT2D eigenvalue weighted by Crippen LogP contribution is 2.13. The molecule has 5 heteroatoms. The molecule has 1 rings (SSSR count). The van der Waals surface area contributed by atoms with Crippen molar-refractivity contribution in [1.82, 2.24) is 5.32 Å². The fraction of sp³-hybridized carbons (Fsp3) is 0.467. The van der Waals surface area contributed by atoms with Gasteiger partial charge in [-0.3, -0.25) is 9.59 Å². The summed E-state index contributed by atoms with van der Waals surface area (Å²) >= 11 is 0. The number of rotatable bonds is 8. The summed E-state index contributed by atoms with van der Waals surface area (Å²) in [7, 11) is 1.60. The van der Waals surface area contributed by atoms with Crippen molar-refractivity contribution in [2.24, 2.45) is 0 Å². The van der Waals surface area contributed by atoms with Crippen LogP contribution in [-0.2, 0) is 16.0 Å². The van der Waals surface area contributed by atoms with Crippen LogP contribution >= 0.6 is 0 Å². The minimum absolute atomic E-state index is 0.0403. The highest BCUT2D eigenvalue weighted by atomic mass is 16.5. The monoisotopic (exact) mass is 279 g/mol. The van der Waals surface area contributed by atoms with Crippen molar-refractivity contribution in [3.63, 3.8) is 0 Å². The normalized spacial score (nSPS) is 11.7. The molecule has 0 fully saturated rings. The highest BCUT2D eigenvalue weighted by Gasteiger charge is 2.13. The van der Waals surface area contributed by atoms with Crippen molar-refractivity contribution < 1.29 is 19.4 Å². The van der Waals surface area contributed by atoms with E-state index in [-0.39, 0.29) is 18.4 Å². The number of amides is 1. The first-order valence-corrected chi connectivity index (χ1v) is 6.69. The van der Waals surface area contributed by atoms with Gasteiger partial charge in [-0.2, -0.15) is 0 Å². The van der Waals surface area contributed by atoms with Crippen molar-refractivity contribution >= 4 is 11.9 Å². The van der Waals surface area contributed by atoms with Crippen LogP contribution in [0.3, 0.4) is 0 Å². The summed E-state index contributed by atoms with van der Waals surface area (Å²) in [6, 6.07) is 7.26. The zero-order valence-corrected chi connectivity index (χ0v) is 11.9. The minimum atomic E-state index is -0.898. The Balaban J connectivity index is 2.43. The van der Waals surface area contributed by atoms with E-state index in [2.05, 4.69) is 5.32 Å². The summed E-state index contributed by atoms with van der Waals surface area (Å²) < 4.78 is 5.12. The Morgan fingerprint density at radius 1 is 1.40 bits per heavy atom. The average molecular weight is 279 g/mol. The maximum atomic E-state index is 11.8. The predicted molar refractivity (Wildman–Crippen MR) is 75.8 cm³/mol. The van der Waals surface area contributed by atoms with E-state index in [9.17, 15) is 9.59 Å². The van der Waals surface area contributed by atoms with Gasteiger partial charge in [0.05, 0.1) is 13.5 Å². The van der Waals surface area contributed by atoms with E-state index in [1.807, 2.05) is 31.2 Å². The Hall–Kier alpha value is -2.04. The van der Waals surface area contributed by atoms with E-state index in [1.54, 1.807) is 7.11 Å². The Bertz CT molecular complexity index is 459. The molecule has 0 spiro atoms. The number of aryl methyl sites for hydroxylation is 1. The topological polar surface area (TPSA) is 75.6 Å². The van der Waals surface area contributed by atoms with Crippen LogP contribution in [0.5, 0.6) is 5.75 Å². The van der Waals surface area contributed by atoms with E-state index in [1.165, 1.54) is 0 Å². The summed E-state index contributed by atoms with van der Waals surface area (Å²) in [5, 5.41) is 11.5. The number of methoxy groups -OCH3 is 1. The maximum Gasteiger partial charge on any atom is 0.305 e. The number of hydrogen-bond acceptors (Lipinski definition) is 3. The standard InChI is InChI=1S/C15H21NO4/c1-3-12(10-15(18)19)16-14(17)8-7-11-5-4-6-13(9-11)20-2/h4-6,9,12H,3,7-8,10H2,1-2H3,(H,16,17)(H,18,19). The van der Waals surface area contributed by atoms with Gasteiger partial charge in [0.1, 0.15) is 5.75 Å². The predicted octanol–water partition coefficient (Wildman–Crippen LogP) is 2.00. The van der Waals surface area contributed by atoms with Crippen molar-refractivity contribution in [3.05, 3.63) is 29.8 Å². The van der Waals surface area contributed by atoms with Crippen LogP contribution in [0.25, 0.3) is 0 Å². The van der Waals surface area contributed by atoms with Gasteiger partial charge in [0.25, 0.3) is 0 Å². The van der Waals surface area contributed by atoms with Gasteiger partial charge in [0.2, 0.25) is 5.91 Å². The van der Waals surface area contributed by atoms with E-state index in [0.29, 0.717) is 19.3 Å². The number of aliphatic carboxylic acids is 1. The zero-order chi connectivity index (χ0) is 15.0. The largest absolute Gasteiger partial charge is 0.497 e. The van der Waals surface area contributed by atoms with Crippen LogP contribution in [0.4, 0.5) is 0 Å². The van der Waals surface area contributed by atoms with Crippen molar-refractivity contribution in [2.45, 2.75) is 38.6 Å². The molecule has 0 radical (unpaired) electrons. The first-order chi connectivity index (χ1) is 9.55. The van der Waals surface area contributed by atoms with Crippen molar-refractivity contribution in [3.8, 4) is 5.75 Å². The summed E-state index contributed by atoms with van der Waals surface area (Å²) in [6.07, 6.45) is 1.51. The zero-order valence-electron chi connectivity index (χ0n) is 11.9. The Labute approximate surface area is 118 Å². The van der Waals surface area contributed by atoms with E-state index in [0.717, 1.165) is 11.3 Å². The molecule has 0 aliphatic heterocycles. The van der Waals surface area contributed by atoms with Gasteiger partial charge in [-0.1, -0.05) is 19.1 Å². The third-order valence-electron chi connectivity index (χ3n) is 3.05. The number of nitrogens with one attached hydrogen (secondary N) is 1. The summed E-state index contributed by atoms with van der Waals surface area (Å²) in [5.41, 5.74) is 1.02. The van der Waals surface area contributed by atoms with Gasteiger partial charge in [-0.15, -0.1) is 0 Å². The molecule has 1 aromatic carbocycles. The molecule has 0 bridgehead atoms. The van der Waals surface area contributed by atoms with E-state index >= 15 is 0 Å². The minimum Gasteiger partial charge on any atom is -0.497 e. The van der Waals surface area contributed by atoms with Crippen molar-refractivity contribution in [2.75, 3.05) is 7.11 Å². The Morgan fingerprint density at radius 2 is 2.15 bits per heavy atom. The van der Waals surface area contributed by atoms with Gasteiger partial charge in [-0.25, -0.2) is 0 Å². The SMILES string of the molecule is CCC(CC(=O)O)NC(=O)CCc1cccc(OC)c1. The molecular formula is C15H21NO4. The van der Waals surface area contributed by atoms with Gasteiger partial charge < -0.3 is 15.2 Å². The quantitative estimate of drug-likeness (QED) is 0.763. The fourth-order valence-electron chi connectivity index (χ4n) is 1.89. The molecule has 1 unspecified atom stereocenters. The summed E-state index contributed by atoms with van der Waals surface area (Å²) in [4.78, 5) is 22.4. The molecule has 5 nitrogen and oxygen atoms in total. The van der Waals surface area contributed by atoms with Crippen LogP contribution in [-0.4, -0.2) is 30.1 Å². The second kappa shape index (κ2) is 8.19. The molecule has 0 saturated carbocycles. The second-order valence-electron chi connectivity index (χ2n) is 4.62. The molecule has 0 aliphatic rings. The molecule has 2 N–H and O–H groups in total. The number of carboxylic acid groups (broad SMARTS) is 1. The Morgan fingerprint density at radius 3 is 2.75 bits per heavy atom. The molecule has 0 heterocycles. The molecule has 1 aromatic rings. The van der Waals surface area contributed by atoms with Crippen LogP contribution in [0.15, 0.2) is 24.3 Å². The maximum absolute atomic E-state index is 11.8. The number of carbonyl (C=O) groups excluding carboxylic acids is 1. The second-order valence-corrected chi connectivity index (χ2v) is 4.62. The molecule has 20 heavy (non-hydrogen) atoms. The average Bonchev–Trinajstić information content (AvgIpc) is 2.44.